The van der Waals surface area contributed by atoms with E-state index in [2.05, 4.69) is 6.07 Å². The van der Waals surface area contributed by atoms with E-state index in [1.165, 1.54) is 12.8 Å². The number of hydrogen-bond donors (Lipinski definition) is 0. The Labute approximate surface area is 84.7 Å². The van der Waals surface area contributed by atoms with Crippen LogP contribution in [0.4, 0.5) is 0 Å². The van der Waals surface area contributed by atoms with Crippen molar-refractivity contribution in [3.05, 3.63) is 0 Å². The molecule has 14 heavy (non-hydrogen) atoms. The third-order valence-corrected chi connectivity index (χ3v) is 3.19. The number of hydrogen-bond acceptors (Lipinski definition) is 2. The van der Waals surface area contributed by atoms with Crippen LogP contribution in [0.5, 0.6) is 0 Å². The van der Waals surface area contributed by atoms with Crippen LogP contribution in [0, 0.1) is 23.2 Å². The summed E-state index contributed by atoms with van der Waals surface area (Å²) in [5, 5.41) is 8.72. The highest BCUT2D eigenvalue weighted by atomic mass is 16.2. The monoisotopic (exact) mass is 192 g/mol. The average molecular weight is 192 g/mol. The molecule has 0 N–H and O–H groups in total. The molecule has 76 valence electrons. The van der Waals surface area contributed by atoms with Gasteiger partial charge in [-0.2, -0.15) is 5.26 Å². The number of piperidine rings is 1. The second-order valence-electron chi connectivity index (χ2n) is 4.43. The minimum absolute atomic E-state index is 0.181. The van der Waals surface area contributed by atoms with Crippen LogP contribution < -0.4 is 0 Å². The highest BCUT2D eigenvalue weighted by Gasteiger charge is 2.28. The van der Waals surface area contributed by atoms with Gasteiger partial charge >= 0.3 is 0 Å². The number of carbonyl (C=O) groups excluding carboxylic acids is 1. The summed E-state index contributed by atoms with van der Waals surface area (Å²) >= 11 is 0. The van der Waals surface area contributed by atoms with Crippen LogP contribution in [0.1, 0.15) is 32.1 Å². The number of nitrogens with zero attached hydrogens (tertiary/aromatic N) is 2. The van der Waals surface area contributed by atoms with Crippen molar-refractivity contribution in [1.29, 1.82) is 5.26 Å². The van der Waals surface area contributed by atoms with Gasteiger partial charge in [-0.05, 0) is 31.6 Å². The van der Waals surface area contributed by atoms with E-state index in [1.807, 2.05) is 4.90 Å². The van der Waals surface area contributed by atoms with Gasteiger partial charge in [-0.3, -0.25) is 4.79 Å². The van der Waals surface area contributed by atoms with Crippen LogP contribution in [-0.4, -0.2) is 23.9 Å². The molecule has 0 radical (unpaired) electrons. The lowest BCUT2D eigenvalue weighted by atomic mass is 9.98. The summed E-state index contributed by atoms with van der Waals surface area (Å²) in [6.45, 7) is 1.59. The third-order valence-electron chi connectivity index (χ3n) is 3.19. The Morgan fingerprint density at radius 2 is 1.93 bits per heavy atom. The topological polar surface area (TPSA) is 44.1 Å². The van der Waals surface area contributed by atoms with Crippen LogP contribution in [0.2, 0.25) is 0 Å². The van der Waals surface area contributed by atoms with Gasteiger partial charge in [0.05, 0.1) is 6.07 Å². The molecule has 0 aromatic heterocycles. The molecule has 1 saturated carbocycles. The number of nitriles is 1. The Morgan fingerprint density at radius 3 is 2.43 bits per heavy atom. The zero-order chi connectivity index (χ0) is 9.97. The molecule has 1 heterocycles. The molecule has 0 aromatic carbocycles. The summed E-state index contributed by atoms with van der Waals surface area (Å²) < 4.78 is 0. The fourth-order valence-electron chi connectivity index (χ4n) is 1.96. The molecule has 0 aromatic rings. The Kier molecular flexibility index (Phi) is 2.72. The maximum absolute atomic E-state index is 11.7. The maximum atomic E-state index is 11.7. The number of amides is 1. The van der Waals surface area contributed by atoms with Crippen molar-refractivity contribution >= 4 is 5.91 Å². The molecular weight excluding hydrogens is 176 g/mol. The predicted octanol–water partition coefficient (Wildman–Crippen LogP) is 1.55. The van der Waals surface area contributed by atoms with Crippen molar-refractivity contribution in [2.45, 2.75) is 32.1 Å². The Hall–Kier alpha value is -1.04. The smallest absolute Gasteiger partial charge is 0.222 e. The molecule has 1 saturated heterocycles. The first-order chi connectivity index (χ1) is 6.79. The molecule has 0 spiro atoms. The molecule has 2 fully saturated rings. The van der Waals surface area contributed by atoms with Gasteiger partial charge in [0.1, 0.15) is 0 Å². The predicted molar refractivity (Wildman–Crippen MR) is 52.3 cm³/mol. The first-order valence-electron chi connectivity index (χ1n) is 5.47. The lowest BCUT2D eigenvalue weighted by Gasteiger charge is -2.29. The summed E-state index contributed by atoms with van der Waals surface area (Å²) in [6, 6.07) is 2.28. The van der Waals surface area contributed by atoms with E-state index in [9.17, 15) is 4.79 Å². The molecule has 0 bridgehead atoms. The van der Waals surface area contributed by atoms with Crippen molar-refractivity contribution in [1.82, 2.24) is 4.90 Å². The minimum atomic E-state index is 0.181. The van der Waals surface area contributed by atoms with E-state index in [1.54, 1.807) is 0 Å². The number of rotatable bonds is 2. The SMILES string of the molecule is N#CC1CCN(C(=O)CC2CC2)CC1. The second-order valence-corrected chi connectivity index (χ2v) is 4.43. The van der Waals surface area contributed by atoms with E-state index in [-0.39, 0.29) is 5.92 Å². The van der Waals surface area contributed by atoms with Gasteiger partial charge in [-0.15, -0.1) is 0 Å². The first kappa shape index (κ1) is 9.51. The van der Waals surface area contributed by atoms with Gasteiger partial charge in [0, 0.05) is 25.4 Å². The van der Waals surface area contributed by atoms with Gasteiger partial charge in [0.15, 0.2) is 0 Å². The minimum Gasteiger partial charge on any atom is -0.343 e. The van der Waals surface area contributed by atoms with Crippen LogP contribution in [0.15, 0.2) is 0 Å². The van der Waals surface area contributed by atoms with Crippen molar-refractivity contribution in [2.24, 2.45) is 11.8 Å². The lowest BCUT2D eigenvalue weighted by Crippen LogP contribution is -2.38. The van der Waals surface area contributed by atoms with E-state index in [4.69, 9.17) is 5.26 Å². The van der Waals surface area contributed by atoms with Crippen molar-refractivity contribution in [2.75, 3.05) is 13.1 Å². The lowest BCUT2D eigenvalue weighted by molar-refractivity contribution is -0.132. The summed E-state index contributed by atoms with van der Waals surface area (Å²) in [6.07, 6.45) is 4.96. The Morgan fingerprint density at radius 1 is 1.29 bits per heavy atom. The molecule has 2 rings (SSSR count). The van der Waals surface area contributed by atoms with E-state index in [0.717, 1.165) is 32.4 Å². The number of carbonyl (C=O) groups is 1. The highest BCUT2D eigenvalue weighted by Crippen LogP contribution is 2.33. The van der Waals surface area contributed by atoms with E-state index in [0.29, 0.717) is 11.8 Å². The van der Waals surface area contributed by atoms with Gasteiger partial charge in [0.25, 0.3) is 0 Å². The molecule has 1 amide bonds. The van der Waals surface area contributed by atoms with E-state index >= 15 is 0 Å². The summed E-state index contributed by atoms with van der Waals surface area (Å²) in [5.41, 5.74) is 0. The third kappa shape index (κ3) is 2.25. The van der Waals surface area contributed by atoms with Crippen molar-refractivity contribution < 1.29 is 4.79 Å². The normalized spacial score (nSPS) is 23.2. The van der Waals surface area contributed by atoms with Crippen LogP contribution in [-0.2, 0) is 4.79 Å². The number of likely N-dealkylation sites (tertiary alicyclic amines) is 1. The quantitative estimate of drug-likeness (QED) is 0.666. The Balaban J connectivity index is 1.76. The van der Waals surface area contributed by atoms with Gasteiger partial charge in [-0.25, -0.2) is 0 Å². The summed E-state index contributed by atoms with van der Waals surface area (Å²) in [5.74, 6) is 1.17. The van der Waals surface area contributed by atoms with Gasteiger partial charge in [0.2, 0.25) is 5.91 Å². The van der Waals surface area contributed by atoms with Gasteiger partial charge in [-0.1, -0.05) is 0 Å². The zero-order valence-corrected chi connectivity index (χ0v) is 8.41. The molecular formula is C11H16N2O. The van der Waals surface area contributed by atoms with Crippen LogP contribution in [0.3, 0.4) is 0 Å². The largest absolute Gasteiger partial charge is 0.343 e. The standard InChI is InChI=1S/C11H16N2O/c12-8-10-3-5-13(6-4-10)11(14)7-9-1-2-9/h9-10H,1-7H2. The van der Waals surface area contributed by atoms with E-state index < -0.39 is 0 Å². The first-order valence-corrected chi connectivity index (χ1v) is 5.47. The molecule has 3 heteroatoms. The fourth-order valence-corrected chi connectivity index (χ4v) is 1.96. The molecule has 2 aliphatic rings. The summed E-state index contributed by atoms with van der Waals surface area (Å²) in [4.78, 5) is 13.6. The fraction of sp³-hybridized carbons (Fsp3) is 0.818. The molecule has 0 atom stereocenters. The molecule has 1 aliphatic heterocycles. The summed E-state index contributed by atoms with van der Waals surface area (Å²) in [7, 11) is 0. The molecule has 3 nitrogen and oxygen atoms in total. The van der Waals surface area contributed by atoms with Crippen molar-refractivity contribution in [3.63, 3.8) is 0 Å². The van der Waals surface area contributed by atoms with Crippen molar-refractivity contribution in [3.8, 4) is 6.07 Å². The maximum Gasteiger partial charge on any atom is 0.222 e. The zero-order valence-electron chi connectivity index (χ0n) is 8.41. The van der Waals surface area contributed by atoms with Gasteiger partial charge < -0.3 is 4.90 Å². The van der Waals surface area contributed by atoms with Crippen LogP contribution in [0.25, 0.3) is 0 Å². The van der Waals surface area contributed by atoms with Crippen LogP contribution >= 0.6 is 0 Å². The average Bonchev–Trinajstić information content (AvgIpc) is 3.02. The second kappa shape index (κ2) is 4.00. The highest BCUT2D eigenvalue weighted by molar-refractivity contribution is 5.76. The molecule has 1 aliphatic carbocycles. The Bertz CT molecular complexity index is 257. The molecule has 0 unspecified atom stereocenters.